The molecule has 2 aromatic rings. The highest BCUT2D eigenvalue weighted by Gasteiger charge is 2.10. The summed E-state index contributed by atoms with van der Waals surface area (Å²) in [5, 5.41) is 2.94. The Morgan fingerprint density at radius 1 is 1.05 bits per heavy atom. The van der Waals surface area contributed by atoms with Crippen LogP contribution < -0.4 is 11.1 Å². The van der Waals surface area contributed by atoms with Crippen LogP contribution >= 0.6 is 22.6 Å². The summed E-state index contributed by atoms with van der Waals surface area (Å²) in [6, 6.07) is 9.41. The van der Waals surface area contributed by atoms with Gasteiger partial charge in [-0.25, -0.2) is 0 Å². The van der Waals surface area contributed by atoms with E-state index in [0.29, 0.717) is 11.3 Å². The third-order valence-corrected chi connectivity index (χ3v) is 4.46. The Hall–Kier alpha value is -1.56. The molecule has 2 rings (SSSR count). The molecule has 0 heterocycles. The zero-order chi connectivity index (χ0) is 14.9. The highest BCUT2D eigenvalue weighted by Crippen LogP contribution is 2.23. The molecular formula is C16H17IN2O. The van der Waals surface area contributed by atoms with Crippen molar-refractivity contribution in [3.63, 3.8) is 0 Å². The maximum absolute atomic E-state index is 12.3. The summed E-state index contributed by atoms with van der Waals surface area (Å²) >= 11 is 2.29. The molecule has 1 amide bonds. The smallest absolute Gasteiger partial charge is 0.255 e. The van der Waals surface area contributed by atoms with E-state index in [1.807, 2.05) is 32.9 Å². The van der Waals surface area contributed by atoms with Crippen molar-refractivity contribution < 1.29 is 4.79 Å². The quantitative estimate of drug-likeness (QED) is 0.610. The van der Waals surface area contributed by atoms with Gasteiger partial charge in [-0.3, -0.25) is 4.79 Å². The number of nitrogens with one attached hydrogen (secondary N) is 1. The van der Waals surface area contributed by atoms with Crippen molar-refractivity contribution in [1.29, 1.82) is 0 Å². The molecule has 2 aromatic carbocycles. The van der Waals surface area contributed by atoms with Crippen molar-refractivity contribution in [1.82, 2.24) is 0 Å². The van der Waals surface area contributed by atoms with Crippen LogP contribution in [0.3, 0.4) is 0 Å². The Labute approximate surface area is 132 Å². The molecule has 0 aliphatic rings. The van der Waals surface area contributed by atoms with Crippen molar-refractivity contribution in [2.24, 2.45) is 0 Å². The predicted molar refractivity (Wildman–Crippen MR) is 92.2 cm³/mol. The van der Waals surface area contributed by atoms with Crippen LogP contribution in [0.1, 0.15) is 27.0 Å². The maximum atomic E-state index is 12.3. The van der Waals surface area contributed by atoms with E-state index in [2.05, 4.69) is 34.0 Å². The first-order valence-electron chi connectivity index (χ1n) is 6.32. The Kier molecular flexibility index (Phi) is 4.32. The average molecular weight is 380 g/mol. The lowest BCUT2D eigenvalue weighted by Crippen LogP contribution is -2.13. The van der Waals surface area contributed by atoms with Gasteiger partial charge in [-0.05, 0) is 84.3 Å². The molecule has 0 bridgehead atoms. The fourth-order valence-corrected chi connectivity index (χ4v) is 2.51. The number of halogens is 1. The number of anilines is 2. The van der Waals surface area contributed by atoms with Crippen molar-refractivity contribution in [3.8, 4) is 0 Å². The van der Waals surface area contributed by atoms with Gasteiger partial charge in [0, 0.05) is 20.5 Å². The van der Waals surface area contributed by atoms with Gasteiger partial charge in [-0.15, -0.1) is 0 Å². The van der Waals surface area contributed by atoms with E-state index in [-0.39, 0.29) is 5.91 Å². The third kappa shape index (κ3) is 3.12. The molecule has 3 nitrogen and oxygen atoms in total. The van der Waals surface area contributed by atoms with Crippen molar-refractivity contribution in [2.45, 2.75) is 20.8 Å². The van der Waals surface area contributed by atoms with Crippen LogP contribution in [0.4, 0.5) is 11.4 Å². The first kappa shape index (κ1) is 14.8. The average Bonchev–Trinajstić information content (AvgIpc) is 2.39. The topological polar surface area (TPSA) is 55.1 Å². The highest BCUT2D eigenvalue weighted by atomic mass is 127. The minimum atomic E-state index is -0.139. The number of aryl methyl sites for hydroxylation is 3. The molecule has 0 saturated carbocycles. The van der Waals surface area contributed by atoms with Crippen LogP contribution in [0.5, 0.6) is 0 Å². The first-order chi connectivity index (χ1) is 9.38. The summed E-state index contributed by atoms with van der Waals surface area (Å²) in [5.41, 5.74) is 11.1. The van der Waals surface area contributed by atoms with Gasteiger partial charge >= 0.3 is 0 Å². The summed E-state index contributed by atoms with van der Waals surface area (Å²) in [4.78, 5) is 12.3. The van der Waals surface area contributed by atoms with Crippen LogP contribution in [0, 0.1) is 24.3 Å². The molecule has 0 fully saturated rings. The molecule has 0 aliphatic heterocycles. The van der Waals surface area contributed by atoms with Gasteiger partial charge in [-0.2, -0.15) is 0 Å². The Morgan fingerprint density at radius 3 is 2.40 bits per heavy atom. The van der Waals surface area contributed by atoms with Crippen LogP contribution in [0.2, 0.25) is 0 Å². The maximum Gasteiger partial charge on any atom is 0.255 e. The number of nitrogen functional groups attached to an aromatic ring is 1. The summed E-state index contributed by atoms with van der Waals surface area (Å²) in [7, 11) is 0. The number of hydrogen-bond donors (Lipinski definition) is 2. The largest absolute Gasteiger partial charge is 0.398 e. The van der Waals surface area contributed by atoms with Gasteiger partial charge in [-0.1, -0.05) is 6.07 Å². The van der Waals surface area contributed by atoms with Gasteiger partial charge in [0.2, 0.25) is 0 Å². The summed E-state index contributed by atoms with van der Waals surface area (Å²) in [5.74, 6) is -0.139. The van der Waals surface area contributed by atoms with Crippen LogP contribution in [-0.4, -0.2) is 5.91 Å². The lowest BCUT2D eigenvalue weighted by atomic mass is 10.1. The van der Waals surface area contributed by atoms with E-state index in [4.69, 9.17) is 5.73 Å². The van der Waals surface area contributed by atoms with E-state index >= 15 is 0 Å². The second-order valence-electron chi connectivity index (χ2n) is 4.94. The molecule has 0 spiro atoms. The lowest BCUT2D eigenvalue weighted by molar-refractivity contribution is 0.102. The Bertz CT molecular complexity index is 680. The molecule has 3 N–H and O–H groups in total. The summed E-state index contributed by atoms with van der Waals surface area (Å²) in [6.45, 7) is 5.94. The van der Waals surface area contributed by atoms with E-state index in [0.717, 1.165) is 22.4 Å². The molecule has 4 heteroatoms. The standard InChI is InChI=1S/C16H17IN2O/c1-9-4-5-12(8-14(9)18)16(20)19-15-7-10(2)13(17)6-11(15)3/h4-8H,18H2,1-3H3,(H,19,20). The van der Waals surface area contributed by atoms with Gasteiger partial charge in [0.25, 0.3) is 5.91 Å². The summed E-state index contributed by atoms with van der Waals surface area (Å²) in [6.07, 6.45) is 0. The van der Waals surface area contributed by atoms with Crippen LogP contribution in [-0.2, 0) is 0 Å². The van der Waals surface area contributed by atoms with Crippen molar-refractivity contribution in [3.05, 3.63) is 56.2 Å². The minimum absolute atomic E-state index is 0.139. The minimum Gasteiger partial charge on any atom is -0.398 e. The number of benzene rings is 2. The fraction of sp³-hybridized carbons (Fsp3) is 0.188. The number of carbonyl (C=O) groups excluding carboxylic acids is 1. The number of carbonyl (C=O) groups is 1. The van der Waals surface area contributed by atoms with Crippen molar-refractivity contribution >= 4 is 39.9 Å². The molecule has 0 unspecified atom stereocenters. The Morgan fingerprint density at radius 2 is 1.75 bits per heavy atom. The number of nitrogens with two attached hydrogens (primary N) is 1. The molecule has 0 atom stereocenters. The van der Waals surface area contributed by atoms with Crippen molar-refractivity contribution in [2.75, 3.05) is 11.1 Å². The van der Waals surface area contributed by atoms with Gasteiger partial charge in [0.05, 0.1) is 0 Å². The number of amides is 1. The number of hydrogen-bond acceptors (Lipinski definition) is 2. The van der Waals surface area contributed by atoms with E-state index < -0.39 is 0 Å². The molecular weight excluding hydrogens is 363 g/mol. The predicted octanol–water partition coefficient (Wildman–Crippen LogP) is 4.05. The summed E-state index contributed by atoms with van der Waals surface area (Å²) < 4.78 is 1.19. The molecule has 20 heavy (non-hydrogen) atoms. The van der Waals surface area contributed by atoms with Gasteiger partial charge < -0.3 is 11.1 Å². The first-order valence-corrected chi connectivity index (χ1v) is 7.40. The van der Waals surface area contributed by atoms with E-state index in [1.165, 1.54) is 3.57 Å². The van der Waals surface area contributed by atoms with Gasteiger partial charge in [0.1, 0.15) is 0 Å². The van der Waals surface area contributed by atoms with Crippen LogP contribution in [0.15, 0.2) is 30.3 Å². The fourth-order valence-electron chi connectivity index (χ4n) is 1.89. The van der Waals surface area contributed by atoms with E-state index in [9.17, 15) is 4.79 Å². The second-order valence-corrected chi connectivity index (χ2v) is 6.10. The third-order valence-electron chi connectivity index (χ3n) is 3.30. The SMILES string of the molecule is Cc1ccc(C(=O)Nc2cc(C)c(I)cc2C)cc1N. The molecule has 0 aromatic heterocycles. The molecule has 0 radical (unpaired) electrons. The second kappa shape index (κ2) is 5.83. The molecule has 0 saturated heterocycles. The molecule has 104 valence electrons. The monoisotopic (exact) mass is 380 g/mol. The highest BCUT2D eigenvalue weighted by molar-refractivity contribution is 14.1. The van der Waals surface area contributed by atoms with Gasteiger partial charge in [0.15, 0.2) is 0 Å². The zero-order valence-corrected chi connectivity index (χ0v) is 13.9. The number of rotatable bonds is 2. The Balaban J connectivity index is 2.27. The van der Waals surface area contributed by atoms with E-state index in [1.54, 1.807) is 12.1 Å². The lowest BCUT2D eigenvalue weighted by Gasteiger charge is -2.11. The normalized spacial score (nSPS) is 10.4. The zero-order valence-electron chi connectivity index (χ0n) is 11.8. The molecule has 0 aliphatic carbocycles. The van der Waals surface area contributed by atoms with Crippen LogP contribution in [0.25, 0.3) is 0 Å².